The van der Waals surface area contributed by atoms with Crippen LogP contribution < -0.4 is 0 Å². The van der Waals surface area contributed by atoms with Gasteiger partial charge in [-0.3, -0.25) is 0 Å². The summed E-state index contributed by atoms with van der Waals surface area (Å²) in [7, 11) is 0. The number of fused-ring (bicyclic) bond motifs is 3. The van der Waals surface area contributed by atoms with Crippen molar-refractivity contribution in [2.75, 3.05) is 0 Å². The predicted octanol–water partition coefficient (Wildman–Crippen LogP) is 6.09. The highest BCUT2D eigenvalue weighted by Crippen LogP contribution is 2.35. The second-order valence-electron chi connectivity index (χ2n) is 7.09. The largest absolute Gasteiger partial charge is 0.508 e. The van der Waals surface area contributed by atoms with Crippen LogP contribution in [-0.4, -0.2) is 10.1 Å². The number of rotatable bonds is 6. The summed E-state index contributed by atoms with van der Waals surface area (Å²) in [6, 6.07) is 10.2. The zero-order valence-electron chi connectivity index (χ0n) is 14.4. The first-order valence-corrected chi connectivity index (χ1v) is 8.79. The van der Waals surface area contributed by atoms with Crippen LogP contribution in [0.5, 0.6) is 5.75 Å². The summed E-state index contributed by atoms with van der Waals surface area (Å²) in [6.45, 7) is 6.60. The number of hydrogen-bond acceptors (Lipinski definition) is 1. The van der Waals surface area contributed by atoms with Crippen molar-refractivity contribution in [3.05, 3.63) is 41.5 Å². The molecule has 0 bridgehead atoms. The average molecular weight is 309 g/mol. The minimum atomic E-state index is 0.416. The molecule has 2 nitrogen and oxygen atoms in total. The van der Waals surface area contributed by atoms with Gasteiger partial charge in [0, 0.05) is 16.3 Å². The molecular formula is C21H27NO. The van der Waals surface area contributed by atoms with Crippen LogP contribution in [0.3, 0.4) is 0 Å². The maximum absolute atomic E-state index is 10.3. The standard InChI is InChI=1S/C21H27NO/c1-14(2)9-5-4-6-10-16-15(3)20(23)13-18-17-11-7-8-12-19(17)22-21(16)18/h7-8,11-14,22-23H,4-6,9-10H2,1-3H3. The lowest BCUT2D eigenvalue weighted by Crippen LogP contribution is -1.94. The summed E-state index contributed by atoms with van der Waals surface area (Å²) in [6.07, 6.45) is 6.07. The molecule has 0 atom stereocenters. The summed E-state index contributed by atoms with van der Waals surface area (Å²) < 4.78 is 0. The van der Waals surface area contributed by atoms with Gasteiger partial charge >= 0.3 is 0 Å². The van der Waals surface area contributed by atoms with Gasteiger partial charge < -0.3 is 10.1 Å². The number of nitrogens with one attached hydrogen (secondary N) is 1. The van der Waals surface area contributed by atoms with Gasteiger partial charge in [0.05, 0.1) is 5.52 Å². The van der Waals surface area contributed by atoms with Crippen molar-refractivity contribution in [1.82, 2.24) is 4.98 Å². The molecule has 3 aromatic rings. The third-order valence-corrected chi connectivity index (χ3v) is 4.87. The van der Waals surface area contributed by atoms with Gasteiger partial charge in [0.2, 0.25) is 0 Å². The summed E-state index contributed by atoms with van der Waals surface area (Å²) in [4.78, 5) is 3.56. The van der Waals surface area contributed by atoms with E-state index < -0.39 is 0 Å². The van der Waals surface area contributed by atoms with Crippen molar-refractivity contribution in [2.45, 2.75) is 52.9 Å². The zero-order chi connectivity index (χ0) is 16.4. The molecule has 0 radical (unpaired) electrons. The first kappa shape index (κ1) is 15.9. The Morgan fingerprint density at radius 2 is 1.83 bits per heavy atom. The van der Waals surface area contributed by atoms with Gasteiger partial charge in [0.15, 0.2) is 0 Å². The van der Waals surface area contributed by atoms with Crippen LogP contribution in [0, 0.1) is 12.8 Å². The number of hydrogen-bond donors (Lipinski definition) is 2. The van der Waals surface area contributed by atoms with Crippen LogP contribution in [0.4, 0.5) is 0 Å². The fourth-order valence-corrected chi connectivity index (χ4v) is 3.48. The third-order valence-electron chi connectivity index (χ3n) is 4.87. The van der Waals surface area contributed by atoms with E-state index in [1.54, 1.807) is 0 Å². The van der Waals surface area contributed by atoms with Crippen LogP contribution in [0.15, 0.2) is 30.3 Å². The first-order chi connectivity index (χ1) is 11.1. The van der Waals surface area contributed by atoms with E-state index in [9.17, 15) is 5.11 Å². The molecule has 0 saturated carbocycles. The van der Waals surface area contributed by atoms with Crippen molar-refractivity contribution >= 4 is 21.8 Å². The van der Waals surface area contributed by atoms with Crippen LogP contribution in [0.2, 0.25) is 0 Å². The van der Waals surface area contributed by atoms with Crippen LogP contribution in [-0.2, 0) is 6.42 Å². The summed E-state index contributed by atoms with van der Waals surface area (Å²) in [5.41, 5.74) is 4.65. The van der Waals surface area contributed by atoms with Crippen molar-refractivity contribution in [3.8, 4) is 5.75 Å². The van der Waals surface area contributed by atoms with E-state index in [1.165, 1.54) is 42.1 Å². The zero-order valence-corrected chi connectivity index (χ0v) is 14.4. The van der Waals surface area contributed by atoms with E-state index in [-0.39, 0.29) is 0 Å². The van der Waals surface area contributed by atoms with E-state index in [1.807, 2.05) is 13.0 Å². The van der Waals surface area contributed by atoms with Gasteiger partial charge in [-0.25, -0.2) is 0 Å². The Labute approximate surface area is 138 Å². The fourth-order valence-electron chi connectivity index (χ4n) is 3.48. The molecule has 122 valence electrons. The Hall–Kier alpha value is -1.96. The molecule has 0 fully saturated rings. The summed E-state index contributed by atoms with van der Waals surface area (Å²) in [5, 5.41) is 12.7. The SMILES string of the molecule is Cc1c(O)cc2c([nH]c3ccccc32)c1CCCCCC(C)C. The molecule has 0 aliphatic heterocycles. The molecule has 1 aromatic heterocycles. The van der Waals surface area contributed by atoms with Crippen LogP contribution in [0.1, 0.15) is 50.7 Å². The number of benzene rings is 2. The van der Waals surface area contributed by atoms with Gasteiger partial charge in [-0.05, 0) is 48.9 Å². The Kier molecular flexibility index (Phi) is 4.61. The van der Waals surface area contributed by atoms with E-state index in [0.29, 0.717) is 5.75 Å². The highest BCUT2D eigenvalue weighted by molar-refractivity contribution is 6.09. The topological polar surface area (TPSA) is 36.0 Å². The Balaban J connectivity index is 1.90. The molecular weight excluding hydrogens is 282 g/mol. The molecule has 2 heteroatoms. The van der Waals surface area contributed by atoms with Gasteiger partial charge in [-0.15, -0.1) is 0 Å². The van der Waals surface area contributed by atoms with Crippen molar-refractivity contribution in [1.29, 1.82) is 0 Å². The fraction of sp³-hybridized carbons (Fsp3) is 0.429. The number of aromatic amines is 1. The Morgan fingerprint density at radius 3 is 2.61 bits per heavy atom. The smallest absolute Gasteiger partial charge is 0.119 e. The minimum Gasteiger partial charge on any atom is -0.508 e. The maximum Gasteiger partial charge on any atom is 0.119 e. The molecule has 0 aliphatic carbocycles. The molecule has 0 amide bonds. The predicted molar refractivity (Wildman–Crippen MR) is 99.2 cm³/mol. The highest BCUT2D eigenvalue weighted by atomic mass is 16.3. The number of aryl methyl sites for hydroxylation is 1. The number of aromatic hydroxyl groups is 1. The lowest BCUT2D eigenvalue weighted by molar-refractivity contribution is 0.470. The second-order valence-corrected chi connectivity index (χ2v) is 7.09. The van der Waals surface area contributed by atoms with E-state index >= 15 is 0 Å². The molecule has 0 aliphatic rings. The third kappa shape index (κ3) is 3.21. The molecule has 0 unspecified atom stereocenters. The maximum atomic E-state index is 10.3. The van der Waals surface area contributed by atoms with Gasteiger partial charge in [0.25, 0.3) is 0 Å². The van der Waals surface area contributed by atoms with Gasteiger partial charge in [-0.1, -0.05) is 51.3 Å². The molecule has 3 rings (SSSR count). The number of phenols is 1. The van der Waals surface area contributed by atoms with E-state index in [4.69, 9.17) is 0 Å². The number of para-hydroxylation sites is 1. The minimum absolute atomic E-state index is 0.416. The van der Waals surface area contributed by atoms with Crippen molar-refractivity contribution in [2.24, 2.45) is 5.92 Å². The van der Waals surface area contributed by atoms with E-state index in [0.717, 1.165) is 28.8 Å². The normalized spacial score (nSPS) is 11.8. The van der Waals surface area contributed by atoms with Gasteiger partial charge in [0.1, 0.15) is 5.75 Å². The number of phenolic OH excluding ortho intramolecular Hbond substituents is 1. The quantitative estimate of drug-likeness (QED) is 0.531. The van der Waals surface area contributed by atoms with Crippen molar-refractivity contribution < 1.29 is 5.11 Å². The Bertz CT molecular complexity index is 813. The number of H-pyrrole nitrogens is 1. The number of unbranched alkanes of at least 4 members (excludes halogenated alkanes) is 2. The summed E-state index contributed by atoms with van der Waals surface area (Å²) >= 11 is 0. The van der Waals surface area contributed by atoms with Crippen molar-refractivity contribution in [3.63, 3.8) is 0 Å². The monoisotopic (exact) mass is 309 g/mol. The molecule has 0 spiro atoms. The van der Waals surface area contributed by atoms with E-state index in [2.05, 4.69) is 43.1 Å². The Morgan fingerprint density at radius 1 is 1.04 bits per heavy atom. The molecule has 2 aromatic carbocycles. The highest BCUT2D eigenvalue weighted by Gasteiger charge is 2.13. The van der Waals surface area contributed by atoms with Crippen LogP contribution in [0.25, 0.3) is 21.8 Å². The lowest BCUT2D eigenvalue weighted by Gasteiger charge is -2.10. The molecule has 2 N–H and O–H groups in total. The molecule has 0 saturated heterocycles. The average Bonchev–Trinajstić information content (AvgIpc) is 2.88. The van der Waals surface area contributed by atoms with Crippen LogP contribution >= 0.6 is 0 Å². The molecule has 1 heterocycles. The molecule has 23 heavy (non-hydrogen) atoms. The van der Waals surface area contributed by atoms with Gasteiger partial charge in [-0.2, -0.15) is 0 Å². The summed E-state index contributed by atoms with van der Waals surface area (Å²) in [5.74, 6) is 1.21. The first-order valence-electron chi connectivity index (χ1n) is 8.79. The lowest BCUT2D eigenvalue weighted by atomic mass is 9.96. The number of aromatic nitrogens is 1. The second kappa shape index (κ2) is 6.66.